The van der Waals surface area contributed by atoms with Crippen molar-refractivity contribution in [2.24, 2.45) is 5.73 Å². The van der Waals surface area contributed by atoms with Crippen molar-refractivity contribution in [1.82, 2.24) is 10.2 Å². The van der Waals surface area contributed by atoms with Gasteiger partial charge < -0.3 is 10.5 Å². The molecule has 0 spiro atoms. The van der Waals surface area contributed by atoms with Crippen LogP contribution in [0.5, 0.6) is 5.75 Å². The molecule has 0 aliphatic carbocycles. The van der Waals surface area contributed by atoms with E-state index in [0.717, 1.165) is 34.6 Å². The highest BCUT2D eigenvalue weighted by molar-refractivity contribution is 6.31. The van der Waals surface area contributed by atoms with Crippen molar-refractivity contribution in [3.8, 4) is 16.9 Å². The standard InChI is InChI=1S/C13H16ClN3O/c1-8-5-9(14)6-10(13(8)18-2)11-7-16-17-12(11)3-4-15/h5-7H,3-4,15H2,1-2H3,(H,16,17). The fraction of sp³-hybridized carbons (Fsp3) is 0.308. The number of hydrogen-bond acceptors (Lipinski definition) is 3. The Balaban J connectivity index is 2.58. The average Bonchev–Trinajstić information content (AvgIpc) is 2.76. The van der Waals surface area contributed by atoms with E-state index in [-0.39, 0.29) is 0 Å². The van der Waals surface area contributed by atoms with Crippen LogP contribution in [0.15, 0.2) is 18.3 Å². The Morgan fingerprint density at radius 3 is 2.83 bits per heavy atom. The second kappa shape index (κ2) is 5.42. The number of ether oxygens (including phenoxy) is 1. The number of aromatic nitrogens is 2. The van der Waals surface area contributed by atoms with E-state index in [0.29, 0.717) is 11.6 Å². The van der Waals surface area contributed by atoms with E-state index in [2.05, 4.69) is 10.2 Å². The number of benzene rings is 1. The Kier molecular flexibility index (Phi) is 3.89. The minimum Gasteiger partial charge on any atom is -0.496 e. The highest BCUT2D eigenvalue weighted by atomic mass is 35.5. The van der Waals surface area contributed by atoms with Crippen LogP contribution < -0.4 is 10.5 Å². The number of aromatic amines is 1. The summed E-state index contributed by atoms with van der Waals surface area (Å²) in [7, 11) is 1.66. The lowest BCUT2D eigenvalue weighted by Gasteiger charge is -2.12. The summed E-state index contributed by atoms with van der Waals surface area (Å²) in [6.07, 6.45) is 2.52. The number of nitrogens with two attached hydrogens (primary N) is 1. The summed E-state index contributed by atoms with van der Waals surface area (Å²) in [5, 5.41) is 7.72. The molecule has 4 nitrogen and oxygen atoms in total. The van der Waals surface area contributed by atoms with Crippen LogP contribution >= 0.6 is 11.6 Å². The maximum Gasteiger partial charge on any atom is 0.129 e. The molecule has 0 unspecified atom stereocenters. The highest BCUT2D eigenvalue weighted by Gasteiger charge is 2.14. The van der Waals surface area contributed by atoms with E-state index in [4.69, 9.17) is 22.1 Å². The SMILES string of the molecule is COc1c(C)cc(Cl)cc1-c1cn[nH]c1CCN. The molecule has 0 amide bonds. The lowest BCUT2D eigenvalue weighted by atomic mass is 10.0. The van der Waals surface area contributed by atoms with Crippen molar-refractivity contribution in [1.29, 1.82) is 0 Å². The van der Waals surface area contributed by atoms with Crippen molar-refractivity contribution < 1.29 is 4.74 Å². The smallest absolute Gasteiger partial charge is 0.129 e. The molecule has 0 radical (unpaired) electrons. The van der Waals surface area contributed by atoms with Crippen LogP contribution in [0.2, 0.25) is 5.02 Å². The molecule has 2 aromatic rings. The molecule has 0 saturated heterocycles. The minimum atomic E-state index is 0.567. The zero-order valence-electron chi connectivity index (χ0n) is 10.5. The van der Waals surface area contributed by atoms with Gasteiger partial charge in [-0.2, -0.15) is 5.10 Å². The third-order valence-corrected chi connectivity index (χ3v) is 3.06. The molecule has 0 fully saturated rings. The van der Waals surface area contributed by atoms with Gasteiger partial charge in [0.05, 0.1) is 13.3 Å². The molecule has 1 heterocycles. The van der Waals surface area contributed by atoms with Crippen molar-refractivity contribution in [2.75, 3.05) is 13.7 Å². The fourth-order valence-corrected chi connectivity index (χ4v) is 2.35. The van der Waals surface area contributed by atoms with Gasteiger partial charge in [-0.05, 0) is 31.2 Å². The Morgan fingerprint density at radius 2 is 2.17 bits per heavy atom. The Labute approximate surface area is 111 Å². The monoisotopic (exact) mass is 265 g/mol. The summed E-state index contributed by atoms with van der Waals surface area (Å²) >= 11 is 6.11. The normalized spacial score (nSPS) is 10.7. The third kappa shape index (κ3) is 2.35. The second-order valence-electron chi connectivity index (χ2n) is 4.10. The van der Waals surface area contributed by atoms with Gasteiger partial charge in [-0.3, -0.25) is 5.10 Å². The van der Waals surface area contributed by atoms with Crippen LogP contribution in [0.1, 0.15) is 11.3 Å². The summed E-state index contributed by atoms with van der Waals surface area (Å²) in [6.45, 7) is 2.54. The number of rotatable bonds is 4. The van der Waals surface area contributed by atoms with Crippen molar-refractivity contribution >= 4 is 11.6 Å². The number of nitrogens with zero attached hydrogens (tertiary/aromatic N) is 1. The molecule has 3 N–H and O–H groups in total. The Hall–Kier alpha value is -1.52. The Morgan fingerprint density at radius 1 is 1.39 bits per heavy atom. The summed E-state index contributed by atoms with van der Waals surface area (Å²) in [4.78, 5) is 0. The number of H-pyrrole nitrogens is 1. The predicted molar refractivity (Wildman–Crippen MR) is 73.1 cm³/mol. The molecule has 1 aromatic carbocycles. The summed E-state index contributed by atoms with van der Waals surface area (Å²) in [5.74, 6) is 0.819. The molecule has 5 heteroatoms. The molecule has 0 aliphatic rings. The summed E-state index contributed by atoms with van der Waals surface area (Å²) in [6, 6.07) is 3.77. The van der Waals surface area contributed by atoms with E-state index in [1.807, 2.05) is 19.1 Å². The van der Waals surface area contributed by atoms with Gasteiger partial charge in [0.25, 0.3) is 0 Å². The second-order valence-corrected chi connectivity index (χ2v) is 4.54. The molecule has 0 saturated carbocycles. The maximum absolute atomic E-state index is 6.11. The first-order chi connectivity index (χ1) is 8.67. The molecule has 96 valence electrons. The van der Waals surface area contributed by atoms with Crippen molar-refractivity contribution in [3.05, 3.63) is 34.6 Å². The fourth-order valence-electron chi connectivity index (χ4n) is 2.08. The van der Waals surface area contributed by atoms with Gasteiger partial charge in [0, 0.05) is 28.3 Å². The zero-order chi connectivity index (χ0) is 13.1. The van der Waals surface area contributed by atoms with Crippen LogP contribution in [0.3, 0.4) is 0 Å². The maximum atomic E-state index is 6.11. The molecular weight excluding hydrogens is 250 g/mol. The van der Waals surface area contributed by atoms with Gasteiger partial charge in [0.2, 0.25) is 0 Å². The first kappa shape index (κ1) is 12.9. The topological polar surface area (TPSA) is 63.9 Å². The van der Waals surface area contributed by atoms with Crippen LogP contribution in [0.25, 0.3) is 11.1 Å². The lowest BCUT2D eigenvalue weighted by Crippen LogP contribution is -2.04. The molecular formula is C13H16ClN3O. The van der Waals surface area contributed by atoms with E-state index in [1.54, 1.807) is 13.3 Å². The lowest BCUT2D eigenvalue weighted by molar-refractivity contribution is 0.413. The van der Waals surface area contributed by atoms with E-state index in [9.17, 15) is 0 Å². The van der Waals surface area contributed by atoms with Gasteiger partial charge in [-0.1, -0.05) is 11.6 Å². The molecule has 0 bridgehead atoms. The van der Waals surface area contributed by atoms with E-state index < -0.39 is 0 Å². The quantitative estimate of drug-likeness (QED) is 0.893. The van der Waals surface area contributed by atoms with Gasteiger partial charge in [-0.15, -0.1) is 0 Å². The van der Waals surface area contributed by atoms with E-state index >= 15 is 0 Å². The van der Waals surface area contributed by atoms with Crippen LogP contribution in [-0.4, -0.2) is 23.9 Å². The van der Waals surface area contributed by atoms with E-state index in [1.165, 1.54) is 0 Å². The first-order valence-electron chi connectivity index (χ1n) is 5.74. The number of methoxy groups -OCH3 is 1. The van der Waals surface area contributed by atoms with Crippen LogP contribution in [0.4, 0.5) is 0 Å². The number of aryl methyl sites for hydroxylation is 1. The minimum absolute atomic E-state index is 0.567. The largest absolute Gasteiger partial charge is 0.496 e. The summed E-state index contributed by atoms with van der Waals surface area (Å²) in [5.41, 5.74) is 9.52. The highest BCUT2D eigenvalue weighted by Crippen LogP contribution is 2.36. The van der Waals surface area contributed by atoms with Gasteiger partial charge in [-0.25, -0.2) is 0 Å². The van der Waals surface area contributed by atoms with Gasteiger partial charge >= 0.3 is 0 Å². The Bertz CT molecular complexity index is 551. The van der Waals surface area contributed by atoms with Crippen molar-refractivity contribution in [2.45, 2.75) is 13.3 Å². The molecule has 0 atom stereocenters. The van der Waals surface area contributed by atoms with Crippen LogP contribution in [0, 0.1) is 6.92 Å². The van der Waals surface area contributed by atoms with Crippen molar-refractivity contribution in [3.63, 3.8) is 0 Å². The average molecular weight is 266 g/mol. The number of halogens is 1. The van der Waals surface area contributed by atoms with Crippen LogP contribution in [-0.2, 0) is 6.42 Å². The van der Waals surface area contributed by atoms with Gasteiger partial charge in [0.15, 0.2) is 0 Å². The summed E-state index contributed by atoms with van der Waals surface area (Å²) < 4.78 is 5.46. The predicted octanol–water partition coefficient (Wildman–Crippen LogP) is 2.55. The number of nitrogens with one attached hydrogen (secondary N) is 1. The first-order valence-corrected chi connectivity index (χ1v) is 6.12. The molecule has 18 heavy (non-hydrogen) atoms. The third-order valence-electron chi connectivity index (χ3n) is 2.85. The zero-order valence-corrected chi connectivity index (χ0v) is 11.2. The van der Waals surface area contributed by atoms with Gasteiger partial charge in [0.1, 0.15) is 5.75 Å². The molecule has 1 aromatic heterocycles. The molecule has 2 rings (SSSR count). The number of hydrogen-bond donors (Lipinski definition) is 2. The molecule has 0 aliphatic heterocycles.